The first kappa shape index (κ1) is 20.7. The maximum Gasteiger partial charge on any atom is 0.404 e. The molecule has 6 heteroatoms. The van der Waals surface area contributed by atoms with E-state index in [1.165, 1.54) is 12.7 Å². The lowest BCUT2D eigenvalue weighted by Gasteiger charge is -2.15. The Morgan fingerprint density at radius 2 is 1.74 bits per heavy atom. The predicted octanol–water partition coefficient (Wildman–Crippen LogP) is 3.90. The Hall–Kier alpha value is -3.54. The molecule has 0 saturated heterocycles. The van der Waals surface area contributed by atoms with E-state index >= 15 is 0 Å². The lowest BCUT2D eigenvalue weighted by atomic mass is 10.1. The molecule has 31 heavy (non-hydrogen) atoms. The zero-order chi connectivity index (χ0) is 22.1. The van der Waals surface area contributed by atoms with Crippen LogP contribution in [0.5, 0.6) is 5.88 Å². The van der Waals surface area contributed by atoms with E-state index in [0.29, 0.717) is 23.4 Å². The van der Waals surface area contributed by atoms with E-state index < -0.39 is 0 Å². The van der Waals surface area contributed by atoms with Crippen LogP contribution in [0.2, 0.25) is 0 Å². The highest BCUT2D eigenvalue weighted by Gasteiger charge is 2.29. The number of rotatable bonds is 6. The molecule has 0 atom stereocenters. The molecule has 2 aromatic carbocycles. The second-order valence-corrected chi connectivity index (χ2v) is 8.23. The largest absolute Gasteiger partial charge is 0.616 e. The summed E-state index contributed by atoms with van der Waals surface area (Å²) >= 11 is 0. The van der Waals surface area contributed by atoms with Crippen molar-refractivity contribution in [2.24, 2.45) is 13.0 Å². The van der Waals surface area contributed by atoms with Gasteiger partial charge in [0.25, 0.3) is 5.69 Å². The maximum atomic E-state index is 13.1. The maximum absolute atomic E-state index is 13.1. The fourth-order valence-corrected chi connectivity index (χ4v) is 4.12. The van der Waals surface area contributed by atoms with Crippen molar-refractivity contribution in [1.29, 1.82) is 0 Å². The molecule has 0 unspecified atom stereocenters. The molecule has 0 aliphatic heterocycles. The van der Waals surface area contributed by atoms with E-state index in [-0.39, 0.29) is 23.1 Å². The van der Waals surface area contributed by atoms with Gasteiger partial charge in [-0.2, -0.15) is 0 Å². The van der Waals surface area contributed by atoms with Gasteiger partial charge in [0.2, 0.25) is 0 Å². The summed E-state index contributed by atoms with van der Waals surface area (Å²) in [4.78, 5) is 13.1. The molecule has 0 amide bonds. The first-order chi connectivity index (χ1) is 14.9. The van der Waals surface area contributed by atoms with Crippen LogP contribution in [0.3, 0.4) is 0 Å². The Morgan fingerprint density at radius 1 is 1.06 bits per heavy atom. The molecule has 0 bridgehead atoms. The van der Waals surface area contributed by atoms with Crippen LogP contribution in [0.1, 0.15) is 25.1 Å². The van der Waals surface area contributed by atoms with Gasteiger partial charge in [0.1, 0.15) is 0 Å². The van der Waals surface area contributed by atoms with E-state index in [0.717, 1.165) is 16.5 Å². The molecule has 4 rings (SSSR count). The zero-order valence-electron chi connectivity index (χ0n) is 18.3. The Morgan fingerprint density at radius 3 is 2.42 bits per heavy atom. The summed E-state index contributed by atoms with van der Waals surface area (Å²) in [5.41, 5.74) is 3.38. The van der Waals surface area contributed by atoms with Crippen molar-refractivity contribution in [2.45, 2.75) is 26.8 Å². The Bertz CT molecular complexity index is 1290. The molecule has 0 aliphatic carbocycles. The number of nitrogens with zero attached hydrogens (tertiary/aromatic N) is 3. The van der Waals surface area contributed by atoms with Crippen molar-refractivity contribution in [3.63, 3.8) is 0 Å². The minimum atomic E-state index is -0.292. The van der Waals surface area contributed by atoms with E-state index in [2.05, 4.69) is 16.7 Å². The number of hydrogen-bond donors (Lipinski definition) is 0. The number of ether oxygens (including phenoxy) is 1. The van der Waals surface area contributed by atoms with Gasteiger partial charge in [-0.05, 0) is 17.5 Å². The SMILES string of the molecule is COc1c(-c2cn(Cc3ccccc3)c3ccccc23)n(C)c(=O)c(CC(C)C)[n+]1[O-]. The lowest BCUT2D eigenvalue weighted by Crippen LogP contribution is -2.44. The van der Waals surface area contributed by atoms with Crippen LogP contribution in [0.25, 0.3) is 22.2 Å². The smallest absolute Gasteiger partial charge is 0.404 e. The zero-order valence-corrected chi connectivity index (χ0v) is 18.3. The molecule has 2 aromatic heterocycles. The van der Waals surface area contributed by atoms with Gasteiger partial charge in [-0.15, -0.1) is 4.73 Å². The topological polar surface area (TPSA) is 63.1 Å². The number of para-hydroxylation sites is 1. The fourth-order valence-electron chi connectivity index (χ4n) is 4.12. The third-order valence-corrected chi connectivity index (χ3v) is 5.55. The van der Waals surface area contributed by atoms with Gasteiger partial charge in [-0.3, -0.25) is 9.36 Å². The number of methoxy groups -OCH3 is 1. The normalized spacial score (nSPS) is 11.4. The van der Waals surface area contributed by atoms with Crippen molar-refractivity contribution >= 4 is 10.9 Å². The van der Waals surface area contributed by atoms with Crippen molar-refractivity contribution < 1.29 is 9.47 Å². The van der Waals surface area contributed by atoms with E-state index in [1.54, 1.807) is 11.6 Å². The summed E-state index contributed by atoms with van der Waals surface area (Å²) in [5, 5.41) is 14.1. The highest BCUT2D eigenvalue weighted by Crippen LogP contribution is 2.34. The second-order valence-electron chi connectivity index (χ2n) is 8.23. The highest BCUT2D eigenvalue weighted by molar-refractivity contribution is 5.96. The Labute approximate surface area is 181 Å². The molecular formula is C25H27N3O3. The molecule has 0 spiro atoms. The van der Waals surface area contributed by atoms with Gasteiger partial charge in [-0.25, -0.2) is 0 Å². The molecule has 4 aromatic rings. The summed E-state index contributed by atoms with van der Waals surface area (Å²) < 4.78 is 9.90. The van der Waals surface area contributed by atoms with Crippen LogP contribution in [0, 0.1) is 11.1 Å². The molecule has 160 valence electrons. The van der Waals surface area contributed by atoms with E-state index in [1.807, 2.05) is 62.5 Å². The molecule has 0 radical (unpaired) electrons. The summed E-state index contributed by atoms with van der Waals surface area (Å²) in [6.07, 6.45) is 2.39. The molecule has 0 aliphatic rings. The average molecular weight is 418 g/mol. The molecule has 6 nitrogen and oxygen atoms in total. The predicted molar refractivity (Wildman–Crippen MR) is 122 cm³/mol. The summed E-state index contributed by atoms with van der Waals surface area (Å²) in [6.45, 7) is 4.65. The standard InChI is InChI=1S/C25H27N3O3/c1-17(2)14-22-24(29)26(3)23(25(31-4)28(22)30)20-16-27(15-18-10-6-5-7-11-18)21-13-9-8-12-19(20)21/h5-13,16-17H,14-15H2,1-4H3. The van der Waals surface area contributed by atoms with Crippen molar-refractivity contribution in [2.75, 3.05) is 7.11 Å². The molecule has 0 saturated carbocycles. The Kier molecular flexibility index (Phi) is 5.55. The van der Waals surface area contributed by atoms with Gasteiger partial charge in [-0.1, -0.05) is 62.4 Å². The van der Waals surface area contributed by atoms with Crippen LogP contribution >= 0.6 is 0 Å². The van der Waals surface area contributed by atoms with E-state index in [9.17, 15) is 10.0 Å². The number of aromatic nitrogens is 3. The summed E-state index contributed by atoms with van der Waals surface area (Å²) in [5.74, 6) is 0.316. The van der Waals surface area contributed by atoms with E-state index in [4.69, 9.17) is 4.74 Å². The minimum Gasteiger partial charge on any atom is -0.616 e. The number of benzene rings is 2. The fraction of sp³-hybridized carbons (Fsp3) is 0.280. The first-order valence-electron chi connectivity index (χ1n) is 10.4. The molecule has 0 N–H and O–H groups in total. The quantitative estimate of drug-likeness (QED) is 0.353. The minimum absolute atomic E-state index is 0.139. The van der Waals surface area contributed by atoms with Gasteiger partial charge in [0, 0.05) is 42.7 Å². The summed E-state index contributed by atoms with van der Waals surface area (Å²) in [6, 6.07) is 18.2. The second kappa shape index (κ2) is 8.30. The van der Waals surface area contributed by atoms with Gasteiger partial charge in [0.15, 0.2) is 5.69 Å². The monoisotopic (exact) mass is 417 g/mol. The third kappa shape index (κ3) is 3.69. The molecule has 0 fully saturated rings. The third-order valence-electron chi connectivity index (χ3n) is 5.55. The van der Waals surface area contributed by atoms with Crippen LogP contribution in [0.15, 0.2) is 65.6 Å². The number of fused-ring (bicyclic) bond motifs is 1. The van der Waals surface area contributed by atoms with Crippen molar-refractivity contribution in [3.8, 4) is 17.1 Å². The average Bonchev–Trinajstić information content (AvgIpc) is 3.12. The Balaban J connectivity index is 1.96. The van der Waals surface area contributed by atoms with Gasteiger partial charge >= 0.3 is 11.4 Å². The lowest BCUT2D eigenvalue weighted by molar-refractivity contribution is -0.622. The van der Waals surface area contributed by atoms with Crippen LogP contribution in [0.4, 0.5) is 0 Å². The van der Waals surface area contributed by atoms with Crippen molar-refractivity contribution in [3.05, 3.63) is 87.6 Å². The van der Waals surface area contributed by atoms with Gasteiger partial charge in [0.05, 0.1) is 7.11 Å². The molecule has 2 heterocycles. The summed E-state index contributed by atoms with van der Waals surface area (Å²) in [7, 11) is 3.17. The van der Waals surface area contributed by atoms with Crippen LogP contribution < -0.4 is 15.0 Å². The number of hydrogen-bond acceptors (Lipinski definition) is 3. The van der Waals surface area contributed by atoms with Gasteiger partial charge < -0.3 is 14.5 Å². The van der Waals surface area contributed by atoms with Crippen LogP contribution in [-0.2, 0) is 20.0 Å². The highest BCUT2D eigenvalue weighted by atomic mass is 16.5. The first-order valence-corrected chi connectivity index (χ1v) is 10.4. The van der Waals surface area contributed by atoms with Crippen molar-refractivity contribution in [1.82, 2.24) is 9.13 Å². The van der Waals surface area contributed by atoms with Crippen LogP contribution in [-0.4, -0.2) is 16.2 Å². The molecular weight excluding hydrogens is 390 g/mol.